The lowest BCUT2D eigenvalue weighted by Gasteiger charge is -2.14. The minimum atomic E-state index is -3.81. The molecule has 0 heterocycles. The highest BCUT2D eigenvalue weighted by Gasteiger charge is 2.21. The maximum Gasteiger partial charge on any atom is 0.267 e. The molecule has 0 aromatic heterocycles. The van der Waals surface area contributed by atoms with Crippen LogP contribution in [0.1, 0.15) is 70.6 Å². The predicted octanol–water partition coefficient (Wildman–Crippen LogP) is 3.55. The predicted molar refractivity (Wildman–Crippen MR) is 66.1 cm³/mol. The zero-order chi connectivity index (χ0) is 11.9. The van der Waals surface area contributed by atoms with Gasteiger partial charge in [-0.3, -0.25) is 4.55 Å². The van der Waals surface area contributed by atoms with E-state index in [-0.39, 0.29) is 0 Å². The molecule has 0 radical (unpaired) electrons. The molecule has 1 aliphatic rings. The second kappa shape index (κ2) is 7.28. The van der Waals surface area contributed by atoms with Crippen LogP contribution in [-0.2, 0) is 10.1 Å². The Balaban J connectivity index is 2.42. The van der Waals surface area contributed by atoms with Crippen molar-refractivity contribution < 1.29 is 13.0 Å². The summed E-state index contributed by atoms with van der Waals surface area (Å²) in [4.78, 5) is 0. The van der Waals surface area contributed by atoms with Gasteiger partial charge >= 0.3 is 0 Å². The van der Waals surface area contributed by atoms with Crippen molar-refractivity contribution in [2.24, 2.45) is 0 Å². The van der Waals surface area contributed by atoms with Crippen LogP contribution in [0.2, 0.25) is 0 Å². The van der Waals surface area contributed by atoms with Gasteiger partial charge in [-0.1, -0.05) is 57.8 Å². The van der Waals surface area contributed by atoms with Crippen LogP contribution in [-0.4, -0.2) is 18.2 Å². The Hall–Kier alpha value is -0.0900. The standard InChI is InChI=1S/C12H24O3S/c13-16(14,15)12-10-8-6-4-2-1-3-5-7-9-11-12/h12H,1-11H2,(H,13,14,15). The summed E-state index contributed by atoms with van der Waals surface area (Å²) >= 11 is 0. The molecule has 96 valence electrons. The molecule has 0 aromatic carbocycles. The molecule has 1 rings (SSSR count). The molecular weight excluding hydrogens is 224 g/mol. The third-order valence-corrected chi connectivity index (χ3v) is 4.79. The monoisotopic (exact) mass is 248 g/mol. The molecular formula is C12H24O3S. The van der Waals surface area contributed by atoms with Gasteiger partial charge in [0.05, 0.1) is 5.25 Å². The molecule has 0 amide bonds. The second-order valence-electron chi connectivity index (χ2n) is 4.90. The topological polar surface area (TPSA) is 54.4 Å². The van der Waals surface area contributed by atoms with Crippen molar-refractivity contribution in [3.63, 3.8) is 0 Å². The van der Waals surface area contributed by atoms with E-state index < -0.39 is 15.4 Å². The fourth-order valence-electron chi connectivity index (χ4n) is 2.42. The van der Waals surface area contributed by atoms with E-state index >= 15 is 0 Å². The maximum atomic E-state index is 11.2. The van der Waals surface area contributed by atoms with E-state index in [1.165, 1.54) is 32.1 Å². The Bertz CT molecular complexity index is 260. The zero-order valence-electron chi connectivity index (χ0n) is 10.0. The fraction of sp³-hybridized carbons (Fsp3) is 1.00. The minimum Gasteiger partial charge on any atom is -0.285 e. The highest BCUT2D eigenvalue weighted by atomic mass is 32.2. The van der Waals surface area contributed by atoms with Crippen molar-refractivity contribution >= 4 is 10.1 Å². The van der Waals surface area contributed by atoms with Gasteiger partial charge in [0.15, 0.2) is 0 Å². The minimum absolute atomic E-state index is 0.507. The van der Waals surface area contributed by atoms with Crippen LogP contribution >= 0.6 is 0 Å². The van der Waals surface area contributed by atoms with Crippen LogP contribution in [0.15, 0.2) is 0 Å². The summed E-state index contributed by atoms with van der Waals surface area (Å²) < 4.78 is 31.4. The summed E-state index contributed by atoms with van der Waals surface area (Å²) in [6.45, 7) is 0. The second-order valence-corrected chi connectivity index (χ2v) is 6.59. The Morgan fingerprint density at radius 2 is 1.00 bits per heavy atom. The molecule has 1 saturated carbocycles. The van der Waals surface area contributed by atoms with Crippen LogP contribution < -0.4 is 0 Å². The van der Waals surface area contributed by atoms with Crippen molar-refractivity contribution in [3.8, 4) is 0 Å². The van der Waals surface area contributed by atoms with Crippen LogP contribution in [0.25, 0.3) is 0 Å². The first kappa shape index (κ1) is 14.0. The summed E-state index contributed by atoms with van der Waals surface area (Å²) in [5, 5.41) is -0.507. The zero-order valence-corrected chi connectivity index (χ0v) is 10.8. The van der Waals surface area contributed by atoms with Gasteiger partial charge in [0, 0.05) is 0 Å². The summed E-state index contributed by atoms with van der Waals surface area (Å²) in [6.07, 6.45) is 11.6. The van der Waals surface area contributed by atoms with E-state index in [2.05, 4.69) is 0 Å². The van der Waals surface area contributed by atoms with Crippen molar-refractivity contribution in [3.05, 3.63) is 0 Å². The van der Waals surface area contributed by atoms with Gasteiger partial charge in [-0.25, -0.2) is 0 Å². The molecule has 1 fully saturated rings. The quantitative estimate of drug-likeness (QED) is 0.722. The number of rotatable bonds is 1. The van der Waals surface area contributed by atoms with E-state index in [0.29, 0.717) is 12.8 Å². The van der Waals surface area contributed by atoms with Crippen molar-refractivity contribution in [1.29, 1.82) is 0 Å². The molecule has 0 spiro atoms. The Morgan fingerprint density at radius 3 is 1.31 bits per heavy atom. The lowest BCUT2D eigenvalue weighted by Crippen LogP contribution is -2.20. The Labute approximate surface area is 99.4 Å². The van der Waals surface area contributed by atoms with E-state index in [9.17, 15) is 8.42 Å². The molecule has 0 saturated heterocycles. The maximum absolute atomic E-state index is 11.2. The molecule has 3 nitrogen and oxygen atoms in total. The highest BCUT2D eigenvalue weighted by Crippen LogP contribution is 2.20. The van der Waals surface area contributed by atoms with Gasteiger partial charge in [0.1, 0.15) is 0 Å². The Morgan fingerprint density at radius 1 is 0.688 bits per heavy atom. The van der Waals surface area contributed by atoms with E-state index in [4.69, 9.17) is 4.55 Å². The molecule has 0 aliphatic heterocycles. The first-order valence-corrected chi connectivity index (χ1v) is 8.07. The molecule has 0 atom stereocenters. The first-order chi connectivity index (χ1) is 7.61. The molecule has 1 aliphatic carbocycles. The average molecular weight is 248 g/mol. The molecule has 0 bridgehead atoms. The van der Waals surface area contributed by atoms with Crippen LogP contribution in [0.3, 0.4) is 0 Å². The Kier molecular flexibility index (Phi) is 6.36. The van der Waals surface area contributed by atoms with E-state index in [1.807, 2.05) is 0 Å². The molecule has 4 heteroatoms. The summed E-state index contributed by atoms with van der Waals surface area (Å²) in [7, 11) is -3.81. The van der Waals surface area contributed by atoms with Gasteiger partial charge in [0.2, 0.25) is 0 Å². The van der Waals surface area contributed by atoms with E-state index in [0.717, 1.165) is 25.7 Å². The fourth-order valence-corrected chi connectivity index (χ4v) is 3.35. The molecule has 0 unspecified atom stereocenters. The molecule has 1 N–H and O–H groups in total. The van der Waals surface area contributed by atoms with Gasteiger partial charge < -0.3 is 0 Å². The van der Waals surface area contributed by atoms with Crippen LogP contribution in [0, 0.1) is 0 Å². The largest absolute Gasteiger partial charge is 0.285 e. The normalized spacial score (nSPS) is 23.3. The lowest BCUT2D eigenvalue weighted by atomic mass is 10.0. The summed E-state index contributed by atoms with van der Waals surface area (Å²) in [5.74, 6) is 0. The average Bonchev–Trinajstić information content (AvgIpc) is 2.16. The van der Waals surface area contributed by atoms with Crippen LogP contribution in [0.5, 0.6) is 0 Å². The van der Waals surface area contributed by atoms with Crippen molar-refractivity contribution in [2.75, 3.05) is 0 Å². The van der Waals surface area contributed by atoms with Crippen molar-refractivity contribution in [2.45, 2.75) is 75.9 Å². The van der Waals surface area contributed by atoms with Crippen molar-refractivity contribution in [1.82, 2.24) is 0 Å². The van der Waals surface area contributed by atoms with Gasteiger partial charge in [-0.05, 0) is 12.8 Å². The van der Waals surface area contributed by atoms with Gasteiger partial charge in [0.25, 0.3) is 10.1 Å². The number of hydrogen-bond donors (Lipinski definition) is 1. The highest BCUT2D eigenvalue weighted by molar-refractivity contribution is 7.86. The number of hydrogen-bond acceptors (Lipinski definition) is 2. The van der Waals surface area contributed by atoms with Gasteiger partial charge in [-0.2, -0.15) is 8.42 Å². The summed E-state index contributed by atoms with van der Waals surface area (Å²) in [5.41, 5.74) is 0. The third kappa shape index (κ3) is 5.85. The third-order valence-electron chi connectivity index (χ3n) is 3.47. The smallest absolute Gasteiger partial charge is 0.267 e. The van der Waals surface area contributed by atoms with Crippen LogP contribution in [0.4, 0.5) is 0 Å². The van der Waals surface area contributed by atoms with E-state index in [1.54, 1.807) is 0 Å². The molecule has 16 heavy (non-hydrogen) atoms. The molecule has 0 aromatic rings. The lowest BCUT2D eigenvalue weighted by molar-refractivity contribution is 0.438. The SMILES string of the molecule is O=S(=O)(O)C1CCCCCCCCCCC1. The first-order valence-electron chi connectivity index (χ1n) is 6.57. The summed E-state index contributed by atoms with van der Waals surface area (Å²) in [6, 6.07) is 0. The van der Waals surface area contributed by atoms with Gasteiger partial charge in [-0.15, -0.1) is 0 Å².